The van der Waals surface area contributed by atoms with Gasteiger partial charge in [-0.25, -0.2) is 0 Å². The smallest absolute Gasteiger partial charge is 0.170 e. The molecule has 1 aromatic carbocycles. The molecule has 2 N–H and O–H groups in total. The largest absolute Gasteiger partial charge is 0.324 e. The van der Waals surface area contributed by atoms with Gasteiger partial charge in [0, 0.05) is 8.95 Å². The van der Waals surface area contributed by atoms with Gasteiger partial charge < -0.3 is 5.73 Å². The summed E-state index contributed by atoms with van der Waals surface area (Å²) in [7, 11) is 0. The van der Waals surface area contributed by atoms with E-state index in [0.717, 1.165) is 14.6 Å². The summed E-state index contributed by atoms with van der Waals surface area (Å²) < 4.78 is 3.50. The lowest BCUT2D eigenvalue weighted by molar-refractivity contribution is 0.758. The van der Waals surface area contributed by atoms with Crippen molar-refractivity contribution < 1.29 is 0 Å². The van der Waals surface area contributed by atoms with E-state index >= 15 is 0 Å². The van der Waals surface area contributed by atoms with Gasteiger partial charge in [-0.2, -0.15) is 4.68 Å². The minimum Gasteiger partial charge on any atom is -0.324 e. The molecule has 0 spiro atoms. The molecule has 1 heterocycles. The summed E-state index contributed by atoms with van der Waals surface area (Å²) >= 11 is 6.82. The van der Waals surface area contributed by atoms with Crippen molar-refractivity contribution in [2.24, 2.45) is 5.73 Å². The number of nitrogens with zero attached hydrogens (tertiary/aromatic N) is 4. The van der Waals surface area contributed by atoms with Gasteiger partial charge in [-0.3, -0.25) is 0 Å². The fraction of sp³-hybridized carbons (Fsp3) is 0.125. The molecule has 2 rings (SSSR count). The van der Waals surface area contributed by atoms with Gasteiger partial charge in [0.25, 0.3) is 0 Å². The van der Waals surface area contributed by atoms with Gasteiger partial charge in [-0.15, -0.1) is 5.10 Å². The van der Waals surface area contributed by atoms with E-state index < -0.39 is 0 Å². The van der Waals surface area contributed by atoms with Crippen LogP contribution in [0, 0.1) is 0 Å². The third-order valence-corrected chi connectivity index (χ3v) is 2.98. The van der Waals surface area contributed by atoms with E-state index in [4.69, 9.17) is 5.73 Å². The molecule has 0 aliphatic heterocycles. The molecule has 5 nitrogen and oxygen atoms in total. The molecule has 0 bridgehead atoms. The summed E-state index contributed by atoms with van der Waals surface area (Å²) in [4.78, 5) is 0. The number of benzene rings is 1. The van der Waals surface area contributed by atoms with E-state index in [0.29, 0.717) is 12.4 Å². The average Bonchev–Trinajstić information content (AvgIpc) is 2.65. The van der Waals surface area contributed by atoms with Crippen LogP contribution in [0.15, 0.2) is 27.1 Å². The second-order valence-corrected chi connectivity index (χ2v) is 4.58. The molecule has 0 aliphatic carbocycles. The standard InChI is InChI=1S/C8H7Br2N5/c9-5-1-2-7(6(10)3-5)15-8(4-11)12-13-14-15/h1-3H,4,11H2. The van der Waals surface area contributed by atoms with Crippen LogP contribution in [-0.2, 0) is 6.54 Å². The molecule has 7 heteroatoms. The molecule has 0 radical (unpaired) electrons. The van der Waals surface area contributed by atoms with Crippen molar-refractivity contribution in [3.05, 3.63) is 33.0 Å². The fourth-order valence-corrected chi connectivity index (χ4v) is 2.39. The lowest BCUT2D eigenvalue weighted by Gasteiger charge is -2.05. The number of tetrazole rings is 1. The highest BCUT2D eigenvalue weighted by Gasteiger charge is 2.09. The third kappa shape index (κ3) is 2.09. The molecule has 15 heavy (non-hydrogen) atoms. The highest BCUT2D eigenvalue weighted by molar-refractivity contribution is 9.11. The Bertz CT molecular complexity index is 482. The lowest BCUT2D eigenvalue weighted by Crippen LogP contribution is -2.08. The van der Waals surface area contributed by atoms with Crippen molar-refractivity contribution >= 4 is 31.9 Å². The van der Waals surface area contributed by atoms with Crippen LogP contribution in [0.2, 0.25) is 0 Å². The van der Waals surface area contributed by atoms with Crippen molar-refractivity contribution in [1.29, 1.82) is 0 Å². The molecule has 2 aromatic rings. The maximum absolute atomic E-state index is 5.52. The van der Waals surface area contributed by atoms with Crippen LogP contribution in [0.4, 0.5) is 0 Å². The molecule has 0 unspecified atom stereocenters. The number of rotatable bonds is 2. The summed E-state index contributed by atoms with van der Waals surface area (Å²) in [5, 5.41) is 11.3. The summed E-state index contributed by atoms with van der Waals surface area (Å²) in [6.45, 7) is 0.301. The van der Waals surface area contributed by atoms with Gasteiger partial charge in [0.1, 0.15) is 0 Å². The molecule has 0 saturated heterocycles. The Morgan fingerprint density at radius 2 is 2.13 bits per heavy atom. The van der Waals surface area contributed by atoms with Crippen LogP contribution in [0.5, 0.6) is 0 Å². The molecular weight excluding hydrogens is 326 g/mol. The first kappa shape index (κ1) is 10.7. The predicted molar refractivity (Wildman–Crippen MR) is 62.4 cm³/mol. The molecule has 0 saturated carbocycles. The van der Waals surface area contributed by atoms with Gasteiger partial charge >= 0.3 is 0 Å². The van der Waals surface area contributed by atoms with Gasteiger partial charge in [0.2, 0.25) is 0 Å². The predicted octanol–water partition coefficient (Wildman–Crippen LogP) is 1.65. The zero-order valence-electron chi connectivity index (χ0n) is 7.56. The molecule has 0 atom stereocenters. The Balaban J connectivity index is 2.54. The van der Waals surface area contributed by atoms with Gasteiger partial charge in [-0.1, -0.05) is 15.9 Å². The fourth-order valence-electron chi connectivity index (χ4n) is 1.17. The SMILES string of the molecule is NCc1nnnn1-c1ccc(Br)cc1Br. The number of aromatic nitrogens is 4. The molecule has 0 fully saturated rings. The van der Waals surface area contributed by atoms with E-state index in [9.17, 15) is 0 Å². The van der Waals surface area contributed by atoms with Crippen LogP contribution in [0.25, 0.3) is 5.69 Å². The van der Waals surface area contributed by atoms with Crippen molar-refractivity contribution in [2.75, 3.05) is 0 Å². The first-order chi connectivity index (χ1) is 7.22. The minimum atomic E-state index is 0.301. The number of halogens is 2. The molecule has 78 valence electrons. The number of hydrogen-bond acceptors (Lipinski definition) is 4. The van der Waals surface area contributed by atoms with Crippen LogP contribution >= 0.6 is 31.9 Å². The van der Waals surface area contributed by atoms with Gasteiger partial charge in [0.05, 0.1) is 12.2 Å². The topological polar surface area (TPSA) is 69.6 Å². The number of hydrogen-bond donors (Lipinski definition) is 1. The molecule has 0 amide bonds. The van der Waals surface area contributed by atoms with E-state index in [1.54, 1.807) is 4.68 Å². The Morgan fingerprint density at radius 1 is 1.33 bits per heavy atom. The number of nitrogens with two attached hydrogens (primary N) is 1. The zero-order valence-corrected chi connectivity index (χ0v) is 10.7. The first-order valence-corrected chi connectivity index (χ1v) is 5.73. The summed E-state index contributed by atoms with van der Waals surface area (Å²) in [5.41, 5.74) is 6.39. The normalized spacial score (nSPS) is 10.6. The van der Waals surface area contributed by atoms with Crippen LogP contribution < -0.4 is 5.73 Å². The highest BCUT2D eigenvalue weighted by Crippen LogP contribution is 2.24. The van der Waals surface area contributed by atoms with Crippen molar-refractivity contribution in [3.8, 4) is 5.69 Å². The monoisotopic (exact) mass is 331 g/mol. The van der Waals surface area contributed by atoms with E-state index in [1.807, 2.05) is 18.2 Å². The van der Waals surface area contributed by atoms with Crippen molar-refractivity contribution in [3.63, 3.8) is 0 Å². The Morgan fingerprint density at radius 3 is 2.80 bits per heavy atom. The second-order valence-electron chi connectivity index (χ2n) is 2.81. The van der Waals surface area contributed by atoms with Crippen molar-refractivity contribution in [1.82, 2.24) is 20.2 Å². The maximum atomic E-state index is 5.52. The van der Waals surface area contributed by atoms with Crippen LogP contribution in [0.1, 0.15) is 5.82 Å². The highest BCUT2D eigenvalue weighted by atomic mass is 79.9. The second kappa shape index (κ2) is 4.38. The quantitative estimate of drug-likeness (QED) is 0.907. The van der Waals surface area contributed by atoms with E-state index in [-0.39, 0.29) is 0 Å². The maximum Gasteiger partial charge on any atom is 0.170 e. The summed E-state index contributed by atoms with van der Waals surface area (Å²) in [5.74, 6) is 0.623. The third-order valence-electron chi connectivity index (χ3n) is 1.85. The minimum absolute atomic E-state index is 0.301. The zero-order chi connectivity index (χ0) is 10.8. The molecule has 0 aliphatic rings. The van der Waals surface area contributed by atoms with E-state index in [1.165, 1.54) is 0 Å². The summed E-state index contributed by atoms with van der Waals surface area (Å²) in [6.07, 6.45) is 0. The lowest BCUT2D eigenvalue weighted by atomic mass is 10.3. The Hall–Kier alpha value is -0.790. The Kier molecular flexibility index (Phi) is 3.13. The Labute approximate surface area is 103 Å². The van der Waals surface area contributed by atoms with Crippen LogP contribution in [0.3, 0.4) is 0 Å². The molecule has 1 aromatic heterocycles. The molecular formula is C8H7Br2N5. The van der Waals surface area contributed by atoms with Gasteiger partial charge in [-0.05, 0) is 44.6 Å². The van der Waals surface area contributed by atoms with Crippen LogP contribution in [-0.4, -0.2) is 20.2 Å². The van der Waals surface area contributed by atoms with Gasteiger partial charge in [0.15, 0.2) is 5.82 Å². The average molecular weight is 333 g/mol. The first-order valence-electron chi connectivity index (χ1n) is 4.15. The summed E-state index contributed by atoms with van der Waals surface area (Å²) in [6, 6.07) is 5.75. The van der Waals surface area contributed by atoms with Crippen molar-refractivity contribution in [2.45, 2.75) is 6.54 Å². The van der Waals surface area contributed by atoms with E-state index in [2.05, 4.69) is 47.4 Å².